The van der Waals surface area contributed by atoms with E-state index in [-0.39, 0.29) is 18.0 Å². The van der Waals surface area contributed by atoms with Crippen molar-refractivity contribution in [2.45, 2.75) is 52.9 Å². The van der Waals surface area contributed by atoms with Gasteiger partial charge in [0, 0.05) is 37.4 Å². The highest BCUT2D eigenvalue weighted by molar-refractivity contribution is 5.75. The molecule has 2 N–H and O–H groups in total. The number of aromatic nitrogens is 5. The summed E-state index contributed by atoms with van der Waals surface area (Å²) in [5, 5.41) is 6.74. The quantitative estimate of drug-likeness (QED) is 0.132. The van der Waals surface area contributed by atoms with E-state index in [9.17, 15) is 4.39 Å². The van der Waals surface area contributed by atoms with Gasteiger partial charge < -0.3 is 29.7 Å². The maximum absolute atomic E-state index is 14.6. The molecule has 0 bridgehead atoms. The number of halogens is 1. The first-order chi connectivity index (χ1) is 23.1. The molecule has 1 unspecified atom stereocenters. The Morgan fingerprint density at radius 1 is 0.771 bits per heavy atom. The van der Waals surface area contributed by atoms with Crippen LogP contribution in [0.1, 0.15) is 49.3 Å². The van der Waals surface area contributed by atoms with Gasteiger partial charge in [-0.05, 0) is 60.9 Å². The summed E-state index contributed by atoms with van der Waals surface area (Å²) in [6, 6.07) is 19.4. The Balaban J connectivity index is 1.58. The Morgan fingerprint density at radius 2 is 1.40 bits per heavy atom. The van der Waals surface area contributed by atoms with Crippen LogP contribution in [0.2, 0.25) is 0 Å². The Labute approximate surface area is 280 Å². The van der Waals surface area contributed by atoms with Gasteiger partial charge in [-0.15, -0.1) is 0 Å². The summed E-state index contributed by atoms with van der Waals surface area (Å²) in [7, 11) is 4.67. The Morgan fingerprint density at radius 3 is 1.94 bits per heavy atom. The number of hydrogen-bond donors (Lipinski definition) is 2. The smallest absolute Gasteiger partial charge is 0.250 e. The van der Waals surface area contributed by atoms with E-state index in [0.29, 0.717) is 47.8 Å². The van der Waals surface area contributed by atoms with Gasteiger partial charge in [0.05, 0.1) is 38.8 Å². The first-order valence-electron chi connectivity index (χ1n) is 15.6. The lowest BCUT2D eigenvalue weighted by Crippen LogP contribution is -2.26. The van der Waals surface area contributed by atoms with Gasteiger partial charge in [0.15, 0.2) is 11.6 Å². The van der Waals surface area contributed by atoms with Crippen LogP contribution in [-0.2, 0) is 13.1 Å². The molecule has 0 radical (unpaired) electrons. The standard InChI is InChI=1S/C36H41FN8O3/c1-22(2)40-23(3)27-16-31(33(38-18-27)43-28-17-32(37)35(48-7)39-19-28)34-41-24(4)42-36(44-34)45(20-25-8-12-29(46-5)13-9-25)21-26-10-14-30(47-6)15-11-26/h8-19,22-23,40H,20-21H2,1-7H3,(H,38,43). The molecular formula is C36H41FN8O3. The highest BCUT2D eigenvalue weighted by Crippen LogP contribution is 2.31. The number of methoxy groups -OCH3 is 3. The van der Waals surface area contributed by atoms with Crippen LogP contribution < -0.4 is 29.7 Å². The van der Waals surface area contributed by atoms with E-state index < -0.39 is 5.82 Å². The lowest BCUT2D eigenvalue weighted by molar-refractivity contribution is 0.369. The largest absolute Gasteiger partial charge is 0.497 e. The van der Waals surface area contributed by atoms with Crippen LogP contribution in [0, 0.1) is 12.7 Å². The number of nitrogens with one attached hydrogen (secondary N) is 2. The fraction of sp³-hybridized carbons (Fsp3) is 0.306. The van der Waals surface area contributed by atoms with E-state index in [0.717, 1.165) is 28.2 Å². The zero-order valence-electron chi connectivity index (χ0n) is 28.3. The molecule has 1 atom stereocenters. The van der Waals surface area contributed by atoms with Crippen LogP contribution in [0.15, 0.2) is 73.1 Å². The van der Waals surface area contributed by atoms with Crippen molar-refractivity contribution < 1.29 is 18.6 Å². The van der Waals surface area contributed by atoms with E-state index in [1.165, 1.54) is 19.4 Å². The third kappa shape index (κ3) is 8.51. The molecule has 0 spiro atoms. The second-order valence-electron chi connectivity index (χ2n) is 11.6. The maximum Gasteiger partial charge on any atom is 0.250 e. The van der Waals surface area contributed by atoms with E-state index in [1.807, 2.05) is 61.5 Å². The van der Waals surface area contributed by atoms with Crippen molar-refractivity contribution in [1.82, 2.24) is 30.2 Å². The van der Waals surface area contributed by atoms with Crippen LogP contribution in [0.3, 0.4) is 0 Å². The molecule has 0 fully saturated rings. The van der Waals surface area contributed by atoms with E-state index in [2.05, 4.69) is 41.3 Å². The van der Waals surface area contributed by atoms with Crippen molar-refractivity contribution >= 4 is 17.5 Å². The van der Waals surface area contributed by atoms with Crippen LogP contribution in [-0.4, -0.2) is 52.3 Å². The molecule has 0 amide bonds. The van der Waals surface area contributed by atoms with Gasteiger partial charge in [-0.25, -0.2) is 19.3 Å². The molecule has 250 valence electrons. The first-order valence-corrected chi connectivity index (χ1v) is 15.6. The summed E-state index contributed by atoms with van der Waals surface area (Å²) in [5.74, 6) is 2.75. The monoisotopic (exact) mass is 652 g/mol. The van der Waals surface area contributed by atoms with Crippen molar-refractivity contribution in [1.29, 1.82) is 0 Å². The highest BCUT2D eigenvalue weighted by atomic mass is 19.1. The number of nitrogens with zero attached hydrogens (tertiary/aromatic N) is 6. The second kappa shape index (κ2) is 15.5. The number of benzene rings is 2. The van der Waals surface area contributed by atoms with E-state index >= 15 is 0 Å². The third-order valence-corrected chi connectivity index (χ3v) is 7.58. The van der Waals surface area contributed by atoms with Crippen molar-refractivity contribution in [3.8, 4) is 28.8 Å². The average Bonchev–Trinajstić information content (AvgIpc) is 3.08. The molecule has 2 aromatic carbocycles. The highest BCUT2D eigenvalue weighted by Gasteiger charge is 2.20. The number of anilines is 3. The molecule has 12 heteroatoms. The molecule has 3 aromatic heterocycles. The number of ether oxygens (including phenoxy) is 3. The Bertz CT molecular complexity index is 1770. The Kier molecular flexibility index (Phi) is 11.0. The second-order valence-corrected chi connectivity index (χ2v) is 11.6. The minimum Gasteiger partial charge on any atom is -0.497 e. The third-order valence-electron chi connectivity index (χ3n) is 7.58. The molecular weight excluding hydrogens is 611 g/mol. The molecule has 0 aliphatic carbocycles. The predicted octanol–water partition coefficient (Wildman–Crippen LogP) is 6.81. The molecule has 0 aliphatic rings. The molecule has 0 aliphatic heterocycles. The topological polar surface area (TPSA) is 119 Å². The SMILES string of the molecule is COc1ccc(CN(Cc2ccc(OC)cc2)c2nc(C)nc(-c3cc(C(C)NC(C)C)cnc3Nc3cnc(OC)c(F)c3)n2)cc1. The lowest BCUT2D eigenvalue weighted by Gasteiger charge is -2.24. The van der Waals surface area contributed by atoms with Crippen LogP contribution >= 0.6 is 0 Å². The number of rotatable bonds is 14. The summed E-state index contributed by atoms with van der Waals surface area (Å²) in [6.45, 7) is 9.14. The van der Waals surface area contributed by atoms with Gasteiger partial charge in [-0.3, -0.25) is 0 Å². The average molecular weight is 653 g/mol. The zero-order chi connectivity index (χ0) is 34.2. The Hall–Kier alpha value is -5.36. The normalized spacial score (nSPS) is 11.7. The van der Waals surface area contributed by atoms with Gasteiger partial charge >= 0.3 is 0 Å². The first kappa shape index (κ1) is 34.0. The molecule has 48 heavy (non-hydrogen) atoms. The fourth-order valence-electron chi connectivity index (χ4n) is 5.19. The van der Waals surface area contributed by atoms with Gasteiger partial charge in [0.2, 0.25) is 11.8 Å². The number of aryl methyl sites for hydroxylation is 1. The molecule has 0 saturated carbocycles. The maximum atomic E-state index is 14.6. The van der Waals surface area contributed by atoms with Gasteiger partial charge in [-0.2, -0.15) is 9.97 Å². The summed E-state index contributed by atoms with van der Waals surface area (Å²) in [4.78, 5) is 25.5. The molecule has 5 aromatic rings. The van der Waals surface area contributed by atoms with Crippen molar-refractivity contribution in [3.05, 3.63) is 101 Å². The fourth-order valence-corrected chi connectivity index (χ4v) is 5.19. The minimum atomic E-state index is -0.596. The minimum absolute atomic E-state index is 0.00514. The molecule has 0 saturated heterocycles. The van der Waals surface area contributed by atoms with Crippen molar-refractivity contribution in [3.63, 3.8) is 0 Å². The van der Waals surface area contributed by atoms with E-state index in [4.69, 9.17) is 34.1 Å². The van der Waals surface area contributed by atoms with Gasteiger partial charge in [0.1, 0.15) is 23.1 Å². The van der Waals surface area contributed by atoms with Crippen LogP contribution in [0.5, 0.6) is 17.4 Å². The van der Waals surface area contributed by atoms with Gasteiger partial charge in [0.25, 0.3) is 0 Å². The summed E-state index contributed by atoms with van der Waals surface area (Å²) >= 11 is 0. The van der Waals surface area contributed by atoms with Crippen molar-refractivity contribution in [2.75, 3.05) is 31.5 Å². The summed E-state index contributed by atoms with van der Waals surface area (Å²) < 4.78 is 30.3. The molecule has 5 rings (SSSR count). The molecule has 11 nitrogen and oxygen atoms in total. The number of pyridine rings is 2. The molecule has 3 heterocycles. The zero-order valence-corrected chi connectivity index (χ0v) is 28.3. The summed E-state index contributed by atoms with van der Waals surface area (Å²) in [5.41, 5.74) is 4.07. The van der Waals surface area contributed by atoms with Crippen molar-refractivity contribution in [2.24, 2.45) is 0 Å². The van der Waals surface area contributed by atoms with Crippen LogP contribution in [0.25, 0.3) is 11.4 Å². The number of hydrogen-bond acceptors (Lipinski definition) is 11. The van der Waals surface area contributed by atoms with Gasteiger partial charge in [-0.1, -0.05) is 38.1 Å². The lowest BCUT2D eigenvalue weighted by atomic mass is 10.1. The summed E-state index contributed by atoms with van der Waals surface area (Å²) in [6.07, 6.45) is 3.27. The van der Waals surface area contributed by atoms with Crippen LogP contribution in [0.4, 0.5) is 21.8 Å². The van der Waals surface area contributed by atoms with E-state index in [1.54, 1.807) is 20.4 Å². The predicted molar refractivity (Wildman–Crippen MR) is 184 cm³/mol.